The van der Waals surface area contributed by atoms with Gasteiger partial charge >= 0.3 is 0 Å². The van der Waals surface area contributed by atoms with Crippen molar-refractivity contribution in [3.05, 3.63) is 83.9 Å². The number of aromatic nitrogens is 3. The molecule has 0 saturated carbocycles. The molecule has 0 unspecified atom stereocenters. The van der Waals surface area contributed by atoms with E-state index in [1.54, 1.807) is 12.1 Å². The number of amides is 1. The number of halogens is 1. The number of thioether (sulfide) groups is 1. The van der Waals surface area contributed by atoms with E-state index in [4.69, 9.17) is 28.6 Å². The molecule has 3 N–H and O–H groups in total. The topological polar surface area (TPSA) is 93.1 Å². The van der Waals surface area contributed by atoms with Crippen molar-refractivity contribution in [1.82, 2.24) is 25.6 Å². The average molecular weight is 539 g/mol. The fourth-order valence-corrected chi connectivity index (χ4v) is 4.26. The van der Waals surface area contributed by atoms with Crippen molar-refractivity contribution >= 4 is 52.3 Å². The largest absolute Gasteiger partial charge is 0.494 e. The summed E-state index contributed by atoms with van der Waals surface area (Å²) in [6.45, 7) is 2.52. The van der Waals surface area contributed by atoms with E-state index in [0.29, 0.717) is 22.6 Å². The van der Waals surface area contributed by atoms with E-state index in [1.165, 1.54) is 11.8 Å². The molecule has 4 aromatic rings. The van der Waals surface area contributed by atoms with Gasteiger partial charge in [-0.25, -0.2) is 0 Å². The van der Waals surface area contributed by atoms with Gasteiger partial charge in [-0.3, -0.25) is 20.2 Å². The maximum atomic E-state index is 12.5. The number of thiocarbonyl (C=S) groups is 1. The van der Waals surface area contributed by atoms with Gasteiger partial charge in [-0.2, -0.15) is 0 Å². The van der Waals surface area contributed by atoms with Crippen LogP contribution in [0.25, 0.3) is 17.1 Å². The molecule has 1 amide bonds. The Bertz CT molecular complexity index is 1310. The second-order valence-corrected chi connectivity index (χ2v) is 9.14. The zero-order valence-electron chi connectivity index (χ0n) is 19.3. The molecular formula is C25H23ClN6O2S2. The van der Waals surface area contributed by atoms with Crippen LogP contribution < -0.4 is 20.9 Å². The quantitative estimate of drug-likeness (QED) is 0.162. The van der Waals surface area contributed by atoms with E-state index in [0.717, 1.165) is 22.7 Å². The monoisotopic (exact) mass is 538 g/mol. The molecule has 0 bridgehead atoms. The van der Waals surface area contributed by atoms with Crippen LogP contribution in [0.15, 0.2) is 84.0 Å². The molecule has 0 fully saturated rings. The molecule has 0 aliphatic carbocycles. The lowest BCUT2D eigenvalue weighted by molar-refractivity contribution is -0.119. The van der Waals surface area contributed by atoms with Crippen LogP contribution in [0.3, 0.4) is 0 Å². The molecule has 8 nitrogen and oxygen atoms in total. The van der Waals surface area contributed by atoms with Gasteiger partial charge in [-0.05, 0) is 79.8 Å². The summed E-state index contributed by atoms with van der Waals surface area (Å²) in [5, 5.41) is 13.2. The first-order chi connectivity index (χ1) is 17.5. The fraction of sp³-hybridized carbons (Fsp3) is 0.120. The van der Waals surface area contributed by atoms with Crippen LogP contribution in [-0.2, 0) is 4.79 Å². The van der Waals surface area contributed by atoms with Crippen molar-refractivity contribution in [2.45, 2.75) is 12.1 Å². The Morgan fingerprint density at radius 2 is 1.72 bits per heavy atom. The number of para-hydroxylation sites is 1. The number of nitrogens with zero attached hydrogens (tertiary/aromatic N) is 3. The average Bonchev–Trinajstić information content (AvgIpc) is 3.32. The first-order valence-corrected chi connectivity index (χ1v) is 12.8. The minimum Gasteiger partial charge on any atom is -0.494 e. The van der Waals surface area contributed by atoms with E-state index < -0.39 is 0 Å². The maximum absolute atomic E-state index is 12.5. The molecule has 3 aromatic carbocycles. The maximum Gasteiger partial charge on any atom is 0.248 e. The number of hydrogen-bond donors (Lipinski definition) is 3. The molecule has 11 heteroatoms. The third-order valence-corrected chi connectivity index (χ3v) is 6.21. The summed E-state index contributed by atoms with van der Waals surface area (Å²) in [4.78, 5) is 12.5. The zero-order valence-corrected chi connectivity index (χ0v) is 21.7. The van der Waals surface area contributed by atoms with E-state index in [-0.39, 0.29) is 16.8 Å². The standard InChI is InChI=1S/C25H23ClN6O2S2/c1-2-34-21-14-12-20(13-15-21)32-23(17-8-10-18(26)11-9-17)29-31-25(32)36-16-22(33)28-30-24(35)27-19-6-4-3-5-7-19/h3-15H,2,16H2,1H3,(H,28,33)(H2,27,30,35). The third-order valence-electron chi connectivity index (χ3n) is 4.82. The smallest absolute Gasteiger partial charge is 0.248 e. The highest BCUT2D eigenvalue weighted by atomic mass is 35.5. The van der Waals surface area contributed by atoms with Crippen LogP contribution in [0.5, 0.6) is 5.75 Å². The summed E-state index contributed by atoms with van der Waals surface area (Å²) in [6, 6.07) is 24.4. The summed E-state index contributed by atoms with van der Waals surface area (Å²) in [5.41, 5.74) is 7.80. The Morgan fingerprint density at radius 3 is 2.42 bits per heavy atom. The second-order valence-electron chi connectivity index (χ2n) is 7.36. The normalized spacial score (nSPS) is 10.5. The molecule has 0 aliphatic rings. The highest BCUT2D eigenvalue weighted by molar-refractivity contribution is 7.99. The number of nitrogens with one attached hydrogen (secondary N) is 3. The highest BCUT2D eigenvalue weighted by Crippen LogP contribution is 2.29. The van der Waals surface area contributed by atoms with Gasteiger partial charge in [0.15, 0.2) is 16.1 Å². The molecule has 1 heterocycles. The van der Waals surface area contributed by atoms with Gasteiger partial charge in [0.25, 0.3) is 0 Å². The van der Waals surface area contributed by atoms with Gasteiger partial charge in [-0.15, -0.1) is 10.2 Å². The predicted molar refractivity (Wildman–Crippen MR) is 148 cm³/mol. The third kappa shape index (κ3) is 6.75. The zero-order chi connectivity index (χ0) is 25.3. The van der Waals surface area contributed by atoms with Gasteiger partial charge in [0, 0.05) is 22.0 Å². The highest BCUT2D eigenvalue weighted by Gasteiger charge is 2.17. The van der Waals surface area contributed by atoms with Crippen molar-refractivity contribution < 1.29 is 9.53 Å². The van der Waals surface area contributed by atoms with Crippen LogP contribution in [-0.4, -0.2) is 38.1 Å². The van der Waals surface area contributed by atoms with Gasteiger partial charge in [0.1, 0.15) is 5.75 Å². The summed E-state index contributed by atoms with van der Waals surface area (Å²) >= 11 is 12.5. The van der Waals surface area contributed by atoms with E-state index >= 15 is 0 Å². The van der Waals surface area contributed by atoms with Gasteiger partial charge in [-0.1, -0.05) is 41.6 Å². The van der Waals surface area contributed by atoms with Crippen LogP contribution in [0.4, 0.5) is 5.69 Å². The fourth-order valence-electron chi connectivity index (χ4n) is 3.22. The molecule has 0 saturated heterocycles. The SMILES string of the molecule is CCOc1ccc(-n2c(SCC(=O)NNC(=S)Nc3ccccc3)nnc2-c2ccc(Cl)cc2)cc1. The van der Waals surface area contributed by atoms with Gasteiger partial charge in [0.05, 0.1) is 12.4 Å². The molecular weight excluding hydrogens is 516 g/mol. The second kappa shape index (κ2) is 12.4. The lowest BCUT2D eigenvalue weighted by Gasteiger charge is -2.13. The first-order valence-electron chi connectivity index (χ1n) is 11.0. The van der Waals surface area contributed by atoms with Crippen molar-refractivity contribution in [2.75, 3.05) is 17.7 Å². The Kier molecular flexibility index (Phi) is 8.77. The number of anilines is 1. The lowest BCUT2D eigenvalue weighted by Crippen LogP contribution is -2.44. The number of hydrogen-bond acceptors (Lipinski definition) is 6. The summed E-state index contributed by atoms with van der Waals surface area (Å²) in [5.74, 6) is 1.22. The molecule has 0 spiro atoms. The number of carbonyl (C=O) groups excluding carboxylic acids is 1. The van der Waals surface area contributed by atoms with E-state index in [1.807, 2.05) is 78.2 Å². The summed E-state index contributed by atoms with van der Waals surface area (Å²) < 4.78 is 7.46. The van der Waals surface area contributed by atoms with E-state index in [9.17, 15) is 4.79 Å². The number of hydrazine groups is 1. The Balaban J connectivity index is 1.46. The van der Waals surface area contributed by atoms with Gasteiger partial charge in [0.2, 0.25) is 5.91 Å². The number of ether oxygens (including phenoxy) is 1. The van der Waals surface area contributed by atoms with Crippen molar-refractivity contribution in [2.24, 2.45) is 0 Å². The van der Waals surface area contributed by atoms with Crippen LogP contribution >= 0.6 is 35.6 Å². The lowest BCUT2D eigenvalue weighted by atomic mass is 10.2. The molecule has 0 aliphatic heterocycles. The molecule has 0 radical (unpaired) electrons. The Morgan fingerprint density at radius 1 is 1.00 bits per heavy atom. The van der Waals surface area contributed by atoms with Gasteiger partial charge < -0.3 is 10.1 Å². The molecule has 36 heavy (non-hydrogen) atoms. The minimum absolute atomic E-state index is 0.0940. The van der Waals surface area contributed by atoms with Crippen LogP contribution in [0.2, 0.25) is 5.02 Å². The van der Waals surface area contributed by atoms with Crippen LogP contribution in [0.1, 0.15) is 6.92 Å². The summed E-state index contributed by atoms with van der Waals surface area (Å²) in [6.07, 6.45) is 0. The number of benzene rings is 3. The first kappa shape index (κ1) is 25.5. The molecule has 1 aromatic heterocycles. The van der Waals surface area contributed by atoms with Crippen molar-refractivity contribution in [3.63, 3.8) is 0 Å². The predicted octanol–water partition coefficient (Wildman–Crippen LogP) is 5.10. The van der Waals surface area contributed by atoms with Crippen molar-refractivity contribution in [1.29, 1.82) is 0 Å². The van der Waals surface area contributed by atoms with E-state index in [2.05, 4.69) is 26.4 Å². The van der Waals surface area contributed by atoms with Crippen molar-refractivity contribution in [3.8, 4) is 22.8 Å². The Hall–Kier alpha value is -3.60. The Labute approximate surface area is 223 Å². The molecule has 4 rings (SSSR count). The summed E-state index contributed by atoms with van der Waals surface area (Å²) in [7, 11) is 0. The molecule has 0 atom stereocenters. The minimum atomic E-state index is -0.272. The molecule has 184 valence electrons. The number of carbonyl (C=O) groups is 1. The van der Waals surface area contributed by atoms with Crippen LogP contribution in [0, 0.1) is 0 Å². The number of rotatable bonds is 8.